The quantitative estimate of drug-likeness (QED) is 0.537. The molecule has 2 aromatic rings. The molecule has 0 spiro atoms. The molecular formula is C23H27N3O2S. The van der Waals surface area contributed by atoms with Crippen LogP contribution in [0.3, 0.4) is 0 Å². The molecule has 3 rings (SSSR count). The Bertz CT molecular complexity index is 933. The topological polar surface area (TPSA) is 77.6 Å². The van der Waals surface area contributed by atoms with Crippen molar-refractivity contribution in [3.05, 3.63) is 71.1 Å². The molecule has 152 valence electrons. The van der Waals surface area contributed by atoms with Crippen molar-refractivity contribution in [3.8, 4) is 5.75 Å². The van der Waals surface area contributed by atoms with Crippen LogP contribution in [0.4, 0.5) is 0 Å². The van der Waals surface area contributed by atoms with Crippen LogP contribution in [-0.4, -0.2) is 28.3 Å². The molecule has 0 bridgehead atoms. The molecule has 29 heavy (non-hydrogen) atoms. The Kier molecular flexibility index (Phi) is 6.75. The van der Waals surface area contributed by atoms with Gasteiger partial charge in [-0.3, -0.25) is 9.79 Å². The number of carbonyl (C=O) groups excluding carboxylic acids is 1. The summed E-state index contributed by atoms with van der Waals surface area (Å²) in [6, 6.07) is 11.6. The number of carbonyl (C=O) groups is 1. The lowest BCUT2D eigenvalue weighted by atomic mass is 9.88. The van der Waals surface area contributed by atoms with Gasteiger partial charge in [0.1, 0.15) is 18.1 Å². The van der Waals surface area contributed by atoms with E-state index in [0.717, 1.165) is 23.3 Å². The van der Waals surface area contributed by atoms with Crippen molar-refractivity contribution < 1.29 is 9.53 Å². The van der Waals surface area contributed by atoms with Crippen LogP contribution in [0, 0.1) is 0 Å². The maximum absolute atomic E-state index is 12.7. The molecule has 5 nitrogen and oxygen atoms in total. The number of ketones is 1. The molecular weight excluding hydrogens is 382 g/mol. The molecule has 1 aromatic heterocycles. The number of rotatable bonds is 7. The Morgan fingerprint density at radius 3 is 2.83 bits per heavy atom. The number of thioether (sulfide) groups is 1. The normalized spacial score (nSPS) is 18.7. The van der Waals surface area contributed by atoms with Crippen LogP contribution in [0.1, 0.15) is 48.8 Å². The van der Waals surface area contributed by atoms with Crippen LogP contribution in [0.25, 0.3) is 0 Å². The van der Waals surface area contributed by atoms with E-state index in [4.69, 9.17) is 10.5 Å². The number of ether oxygens (including phenoxy) is 1. The standard InChI is InChI=1S/C23H27N3O2S/c1-16(2)9-11-28-19-7-8-20(25-15-19)21(27)14-17-5-4-6-18(13-17)23(3)10-12-29-22(24)26-23/h4-9,13,15H,10-12,14H2,1-3H3,(H2,24,26)/t23-/m0/s1. The third-order valence-electron chi connectivity index (χ3n) is 4.87. The predicted octanol–water partition coefficient (Wildman–Crippen LogP) is 4.52. The average molecular weight is 410 g/mol. The monoisotopic (exact) mass is 409 g/mol. The van der Waals surface area contributed by atoms with Gasteiger partial charge in [0.2, 0.25) is 0 Å². The van der Waals surface area contributed by atoms with Crippen LogP contribution >= 0.6 is 11.8 Å². The summed E-state index contributed by atoms with van der Waals surface area (Å²) >= 11 is 1.59. The third kappa shape index (κ3) is 5.70. The minimum Gasteiger partial charge on any atom is -0.488 e. The first-order valence-corrected chi connectivity index (χ1v) is 10.7. The molecule has 0 fully saturated rings. The lowest BCUT2D eigenvalue weighted by Gasteiger charge is -2.30. The number of aliphatic imine (C=N–C) groups is 1. The number of nitrogens with zero attached hydrogens (tertiary/aromatic N) is 2. The van der Waals surface area contributed by atoms with Gasteiger partial charge in [0.05, 0.1) is 11.7 Å². The summed E-state index contributed by atoms with van der Waals surface area (Å²) in [5.41, 5.74) is 9.27. The highest BCUT2D eigenvalue weighted by Crippen LogP contribution is 2.35. The van der Waals surface area contributed by atoms with E-state index in [9.17, 15) is 4.79 Å². The molecule has 1 aliphatic rings. The highest BCUT2D eigenvalue weighted by Gasteiger charge is 2.29. The van der Waals surface area contributed by atoms with Gasteiger partial charge in [-0.1, -0.05) is 41.6 Å². The first-order chi connectivity index (χ1) is 13.9. The lowest BCUT2D eigenvalue weighted by molar-refractivity contribution is 0.0988. The maximum atomic E-state index is 12.7. The van der Waals surface area contributed by atoms with E-state index in [-0.39, 0.29) is 11.3 Å². The van der Waals surface area contributed by atoms with Crippen molar-refractivity contribution in [3.63, 3.8) is 0 Å². The van der Waals surface area contributed by atoms with Gasteiger partial charge in [0, 0.05) is 12.2 Å². The predicted molar refractivity (Wildman–Crippen MR) is 120 cm³/mol. The van der Waals surface area contributed by atoms with Gasteiger partial charge in [-0.2, -0.15) is 0 Å². The number of benzene rings is 1. The van der Waals surface area contributed by atoms with Crippen molar-refractivity contribution in [2.24, 2.45) is 10.7 Å². The summed E-state index contributed by atoms with van der Waals surface area (Å²) in [6.45, 7) is 6.63. The highest BCUT2D eigenvalue weighted by molar-refractivity contribution is 8.13. The Morgan fingerprint density at radius 1 is 1.31 bits per heavy atom. The van der Waals surface area contributed by atoms with Crippen molar-refractivity contribution >= 4 is 22.7 Å². The maximum Gasteiger partial charge on any atom is 0.185 e. The average Bonchev–Trinajstić information content (AvgIpc) is 2.68. The Hall–Kier alpha value is -2.60. The largest absolute Gasteiger partial charge is 0.488 e. The van der Waals surface area contributed by atoms with Crippen molar-refractivity contribution in [2.45, 2.75) is 39.2 Å². The molecule has 0 radical (unpaired) electrons. The molecule has 6 heteroatoms. The molecule has 0 unspecified atom stereocenters. The van der Waals surface area contributed by atoms with Crippen LogP contribution in [-0.2, 0) is 12.0 Å². The summed E-state index contributed by atoms with van der Waals surface area (Å²) in [7, 11) is 0. The smallest absolute Gasteiger partial charge is 0.185 e. The zero-order valence-corrected chi connectivity index (χ0v) is 18.0. The highest BCUT2D eigenvalue weighted by atomic mass is 32.2. The van der Waals surface area contributed by atoms with Gasteiger partial charge in [-0.15, -0.1) is 0 Å². The van der Waals surface area contributed by atoms with E-state index < -0.39 is 0 Å². The second-order valence-corrected chi connectivity index (χ2v) is 8.71. The van der Waals surface area contributed by atoms with Crippen molar-refractivity contribution in [1.29, 1.82) is 0 Å². The molecule has 0 aliphatic carbocycles. The summed E-state index contributed by atoms with van der Waals surface area (Å²) in [5.74, 6) is 1.57. The molecule has 1 aliphatic heterocycles. The second kappa shape index (κ2) is 9.27. The molecule has 0 saturated carbocycles. The molecule has 0 amide bonds. The zero-order chi connectivity index (χ0) is 20.9. The Morgan fingerprint density at radius 2 is 2.14 bits per heavy atom. The van der Waals surface area contributed by atoms with Crippen LogP contribution in [0.5, 0.6) is 5.75 Å². The van der Waals surface area contributed by atoms with Gasteiger partial charge in [-0.25, -0.2) is 4.98 Å². The molecule has 2 N–H and O–H groups in total. The fourth-order valence-electron chi connectivity index (χ4n) is 3.12. The number of amidine groups is 1. The van der Waals surface area contributed by atoms with E-state index in [2.05, 4.69) is 29.0 Å². The second-order valence-electron chi connectivity index (χ2n) is 7.59. The molecule has 1 aromatic carbocycles. The summed E-state index contributed by atoms with van der Waals surface area (Å²) in [5, 5.41) is 0.622. The third-order valence-corrected chi connectivity index (χ3v) is 5.67. The number of nitrogens with two attached hydrogens (primary N) is 1. The number of pyridine rings is 1. The number of allylic oxidation sites excluding steroid dienone is 1. The Labute approximate surface area is 176 Å². The molecule has 2 heterocycles. The van der Waals surface area contributed by atoms with Crippen LogP contribution in [0.15, 0.2) is 59.2 Å². The van der Waals surface area contributed by atoms with E-state index in [1.807, 2.05) is 32.1 Å². The molecule has 0 saturated heterocycles. The zero-order valence-electron chi connectivity index (χ0n) is 17.1. The first kappa shape index (κ1) is 21.1. The number of hydrogen-bond donors (Lipinski definition) is 1. The van der Waals surface area contributed by atoms with E-state index >= 15 is 0 Å². The van der Waals surface area contributed by atoms with Crippen molar-refractivity contribution in [2.75, 3.05) is 12.4 Å². The first-order valence-electron chi connectivity index (χ1n) is 9.69. The fourth-order valence-corrected chi connectivity index (χ4v) is 4.10. The van der Waals surface area contributed by atoms with Gasteiger partial charge in [0.15, 0.2) is 11.0 Å². The minimum absolute atomic E-state index is 0.0228. The number of aromatic nitrogens is 1. The van der Waals surface area contributed by atoms with Crippen LogP contribution < -0.4 is 10.5 Å². The fraction of sp³-hybridized carbons (Fsp3) is 0.348. The van der Waals surface area contributed by atoms with Gasteiger partial charge < -0.3 is 10.5 Å². The summed E-state index contributed by atoms with van der Waals surface area (Å²) in [4.78, 5) is 21.6. The summed E-state index contributed by atoms with van der Waals surface area (Å²) < 4.78 is 5.60. The summed E-state index contributed by atoms with van der Waals surface area (Å²) in [6.07, 6.45) is 4.81. The van der Waals surface area contributed by atoms with E-state index in [0.29, 0.717) is 29.6 Å². The Balaban J connectivity index is 1.68. The van der Waals surface area contributed by atoms with E-state index in [1.54, 1.807) is 30.1 Å². The van der Waals surface area contributed by atoms with E-state index in [1.165, 1.54) is 5.57 Å². The van der Waals surface area contributed by atoms with Crippen molar-refractivity contribution in [1.82, 2.24) is 4.98 Å². The van der Waals surface area contributed by atoms with Crippen LogP contribution in [0.2, 0.25) is 0 Å². The van der Waals surface area contributed by atoms with Gasteiger partial charge in [-0.05, 0) is 56.5 Å². The van der Waals surface area contributed by atoms with Gasteiger partial charge >= 0.3 is 0 Å². The lowest BCUT2D eigenvalue weighted by Crippen LogP contribution is -2.28. The number of hydrogen-bond acceptors (Lipinski definition) is 6. The molecule has 1 atom stereocenters. The SMILES string of the molecule is CC(C)=CCOc1ccc(C(=O)Cc2cccc([C@]3(C)CCSC(N)=N3)c2)nc1. The minimum atomic E-state index is -0.336. The number of Topliss-reactive ketones (excluding diaryl/α,β-unsaturated/α-hetero) is 1. The van der Waals surface area contributed by atoms with Gasteiger partial charge in [0.25, 0.3) is 0 Å².